The molecule has 0 aliphatic heterocycles. The van der Waals surface area contributed by atoms with Gasteiger partial charge in [-0.25, -0.2) is 0 Å². The van der Waals surface area contributed by atoms with Gasteiger partial charge in [0.25, 0.3) is 0 Å². The highest BCUT2D eigenvalue weighted by Crippen LogP contribution is 2.14. The van der Waals surface area contributed by atoms with Crippen molar-refractivity contribution in [3.05, 3.63) is 35.4 Å². The lowest BCUT2D eigenvalue weighted by molar-refractivity contribution is 0.0938. The van der Waals surface area contributed by atoms with Gasteiger partial charge in [-0.05, 0) is 12.0 Å². The molecule has 0 radical (unpaired) electrons. The average Bonchev–Trinajstić information content (AvgIpc) is 2.16. The van der Waals surface area contributed by atoms with Crippen molar-refractivity contribution in [1.29, 1.82) is 0 Å². The summed E-state index contributed by atoms with van der Waals surface area (Å²) in [6.07, 6.45) is 0.925. The predicted octanol–water partition coefficient (Wildman–Crippen LogP) is 3.09. The molecular weight excluding hydrogens is 160 g/mol. The summed E-state index contributed by atoms with van der Waals surface area (Å²) in [5.74, 6) is 0.338. The van der Waals surface area contributed by atoms with Gasteiger partial charge in [-0.2, -0.15) is 0 Å². The van der Waals surface area contributed by atoms with Gasteiger partial charge in [0.2, 0.25) is 0 Å². The molecule has 0 fully saturated rings. The molecule has 0 heterocycles. The molecule has 1 aromatic rings. The van der Waals surface area contributed by atoms with Crippen LogP contribution in [0.1, 0.15) is 36.7 Å². The van der Waals surface area contributed by atoms with E-state index in [0.29, 0.717) is 0 Å². The molecule has 0 bridgehead atoms. The van der Waals surface area contributed by atoms with Crippen molar-refractivity contribution in [3.63, 3.8) is 0 Å². The second-order valence-electron chi connectivity index (χ2n) is 3.53. The zero-order valence-corrected chi connectivity index (χ0v) is 8.50. The summed E-state index contributed by atoms with van der Waals surface area (Å²) >= 11 is 0. The van der Waals surface area contributed by atoms with Crippen LogP contribution in [0.15, 0.2) is 24.3 Å². The molecule has 0 aliphatic carbocycles. The first-order valence-electron chi connectivity index (χ1n) is 4.79. The maximum atomic E-state index is 11.7. The Kier molecular flexibility index (Phi) is 3.24. The van der Waals surface area contributed by atoms with Crippen molar-refractivity contribution in [3.8, 4) is 0 Å². The molecule has 13 heavy (non-hydrogen) atoms. The van der Waals surface area contributed by atoms with E-state index in [1.807, 2.05) is 38.1 Å². The Bertz CT molecular complexity index is 300. The fourth-order valence-corrected chi connectivity index (χ4v) is 1.38. The summed E-state index contributed by atoms with van der Waals surface area (Å²) in [6, 6.07) is 7.85. The largest absolute Gasteiger partial charge is 0.294 e. The minimum atomic E-state index is 0.0905. The quantitative estimate of drug-likeness (QED) is 0.647. The second-order valence-corrected chi connectivity index (χ2v) is 3.53. The third kappa shape index (κ3) is 2.18. The highest BCUT2D eigenvalue weighted by Gasteiger charge is 2.12. The van der Waals surface area contributed by atoms with Crippen LogP contribution in [0.4, 0.5) is 0 Å². The van der Waals surface area contributed by atoms with Crippen molar-refractivity contribution < 1.29 is 4.79 Å². The molecule has 70 valence electrons. The van der Waals surface area contributed by atoms with Crippen molar-refractivity contribution in [2.45, 2.75) is 27.2 Å². The first kappa shape index (κ1) is 9.97. The molecule has 0 saturated heterocycles. The molecule has 0 N–H and O–H groups in total. The number of aryl methyl sites for hydroxylation is 1. The lowest BCUT2D eigenvalue weighted by Gasteiger charge is -2.08. The summed E-state index contributed by atoms with van der Waals surface area (Å²) in [4.78, 5) is 11.7. The van der Waals surface area contributed by atoms with Crippen LogP contribution < -0.4 is 0 Å². The van der Waals surface area contributed by atoms with Crippen LogP contribution in [0.25, 0.3) is 0 Å². The van der Waals surface area contributed by atoms with Gasteiger partial charge in [0.15, 0.2) is 5.78 Å². The Morgan fingerprint density at radius 1 is 1.31 bits per heavy atom. The third-order valence-corrected chi connectivity index (χ3v) is 2.19. The average molecular weight is 176 g/mol. The molecule has 0 amide bonds. The van der Waals surface area contributed by atoms with Crippen LogP contribution in [0.5, 0.6) is 0 Å². The summed E-state index contributed by atoms with van der Waals surface area (Å²) < 4.78 is 0. The standard InChI is InChI=1S/C12H16O/c1-4-10-7-5-6-8-11(10)12(13)9(2)3/h5-9H,4H2,1-3H3. The molecular formula is C12H16O. The van der Waals surface area contributed by atoms with E-state index < -0.39 is 0 Å². The molecule has 1 aromatic carbocycles. The van der Waals surface area contributed by atoms with E-state index in [4.69, 9.17) is 0 Å². The molecule has 0 aromatic heterocycles. The maximum absolute atomic E-state index is 11.7. The van der Waals surface area contributed by atoms with Gasteiger partial charge in [0.1, 0.15) is 0 Å². The second kappa shape index (κ2) is 4.22. The first-order chi connectivity index (χ1) is 6.16. The monoisotopic (exact) mass is 176 g/mol. The fraction of sp³-hybridized carbons (Fsp3) is 0.417. The molecule has 0 aliphatic rings. The third-order valence-electron chi connectivity index (χ3n) is 2.19. The number of Topliss-reactive ketones (excluding diaryl/α,β-unsaturated/α-hetero) is 1. The Morgan fingerprint density at radius 3 is 2.46 bits per heavy atom. The fourth-order valence-electron chi connectivity index (χ4n) is 1.38. The Morgan fingerprint density at radius 2 is 1.92 bits per heavy atom. The van der Waals surface area contributed by atoms with Crippen molar-refractivity contribution in [2.24, 2.45) is 5.92 Å². The zero-order chi connectivity index (χ0) is 9.84. The van der Waals surface area contributed by atoms with Gasteiger partial charge in [-0.3, -0.25) is 4.79 Å². The van der Waals surface area contributed by atoms with Gasteiger partial charge in [-0.1, -0.05) is 45.0 Å². The van der Waals surface area contributed by atoms with E-state index >= 15 is 0 Å². The predicted molar refractivity (Wildman–Crippen MR) is 55.0 cm³/mol. The first-order valence-corrected chi connectivity index (χ1v) is 4.79. The number of rotatable bonds is 3. The molecule has 0 saturated carbocycles. The van der Waals surface area contributed by atoms with Crippen LogP contribution in [0, 0.1) is 5.92 Å². The van der Waals surface area contributed by atoms with Crippen LogP contribution >= 0.6 is 0 Å². The number of benzene rings is 1. The maximum Gasteiger partial charge on any atom is 0.165 e. The Labute approximate surface area is 79.8 Å². The molecule has 1 heteroatoms. The minimum absolute atomic E-state index is 0.0905. The van der Waals surface area contributed by atoms with E-state index in [-0.39, 0.29) is 11.7 Å². The molecule has 0 atom stereocenters. The van der Waals surface area contributed by atoms with E-state index in [0.717, 1.165) is 17.5 Å². The lowest BCUT2D eigenvalue weighted by Crippen LogP contribution is -2.09. The van der Waals surface area contributed by atoms with E-state index in [9.17, 15) is 4.79 Å². The van der Waals surface area contributed by atoms with E-state index in [1.165, 1.54) is 0 Å². The summed E-state index contributed by atoms with van der Waals surface area (Å²) in [7, 11) is 0. The van der Waals surface area contributed by atoms with Gasteiger partial charge in [0, 0.05) is 11.5 Å². The topological polar surface area (TPSA) is 17.1 Å². The Hall–Kier alpha value is -1.11. The Balaban J connectivity index is 3.06. The summed E-state index contributed by atoms with van der Waals surface area (Å²) in [6.45, 7) is 5.95. The van der Waals surface area contributed by atoms with Crippen LogP contribution in [-0.2, 0) is 6.42 Å². The molecule has 0 spiro atoms. The molecule has 1 nitrogen and oxygen atoms in total. The lowest BCUT2D eigenvalue weighted by atomic mass is 9.95. The normalized spacial score (nSPS) is 10.5. The highest BCUT2D eigenvalue weighted by atomic mass is 16.1. The van der Waals surface area contributed by atoms with Crippen molar-refractivity contribution in [1.82, 2.24) is 0 Å². The minimum Gasteiger partial charge on any atom is -0.294 e. The van der Waals surface area contributed by atoms with E-state index in [1.54, 1.807) is 0 Å². The zero-order valence-electron chi connectivity index (χ0n) is 8.50. The SMILES string of the molecule is CCc1ccccc1C(=O)C(C)C. The number of carbonyl (C=O) groups is 1. The summed E-state index contributed by atoms with van der Waals surface area (Å²) in [5.41, 5.74) is 2.04. The number of hydrogen-bond donors (Lipinski definition) is 0. The van der Waals surface area contributed by atoms with Gasteiger partial charge >= 0.3 is 0 Å². The van der Waals surface area contributed by atoms with Crippen LogP contribution in [0.2, 0.25) is 0 Å². The molecule has 0 unspecified atom stereocenters. The van der Waals surface area contributed by atoms with Gasteiger partial charge < -0.3 is 0 Å². The van der Waals surface area contributed by atoms with Crippen LogP contribution in [-0.4, -0.2) is 5.78 Å². The highest BCUT2D eigenvalue weighted by molar-refractivity contribution is 5.98. The van der Waals surface area contributed by atoms with E-state index in [2.05, 4.69) is 6.92 Å². The van der Waals surface area contributed by atoms with Gasteiger partial charge in [-0.15, -0.1) is 0 Å². The smallest absolute Gasteiger partial charge is 0.165 e. The molecule has 1 rings (SSSR count). The number of carbonyl (C=O) groups excluding carboxylic acids is 1. The van der Waals surface area contributed by atoms with Crippen molar-refractivity contribution in [2.75, 3.05) is 0 Å². The van der Waals surface area contributed by atoms with Gasteiger partial charge in [0.05, 0.1) is 0 Å². The van der Waals surface area contributed by atoms with Crippen LogP contribution in [0.3, 0.4) is 0 Å². The van der Waals surface area contributed by atoms with Crippen molar-refractivity contribution >= 4 is 5.78 Å². The number of hydrogen-bond acceptors (Lipinski definition) is 1. The summed E-state index contributed by atoms with van der Waals surface area (Å²) in [5, 5.41) is 0. The number of ketones is 1.